The zero-order valence-corrected chi connectivity index (χ0v) is 25.2. The molecule has 0 saturated carbocycles. The van der Waals surface area contributed by atoms with Crippen LogP contribution in [0, 0.1) is 5.92 Å². The summed E-state index contributed by atoms with van der Waals surface area (Å²) in [5.74, 6) is 0.949. The van der Waals surface area contributed by atoms with Gasteiger partial charge in [-0.05, 0) is 5.92 Å². The van der Waals surface area contributed by atoms with Crippen molar-refractivity contribution in [2.75, 3.05) is 7.11 Å². The normalized spacial score (nSPS) is 10.2. The summed E-state index contributed by atoms with van der Waals surface area (Å²) in [4.78, 5) is 0. The van der Waals surface area contributed by atoms with Gasteiger partial charge in [-0.1, -0.05) is 191 Å². The van der Waals surface area contributed by atoms with E-state index in [2.05, 4.69) is 62.3 Å². The fourth-order valence-electron chi connectivity index (χ4n) is 3.14. The smallest absolute Gasteiger partial charge is 0.0319 e. The number of unbranched alkanes of at least 4 members (excludes halogenated alkanes) is 14. The molecule has 0 saturated heterocycles. The van der Waals surface area contributed by atoms with Crippen LogP contribution in [0.1, 0.15) is 191 Å². The van der Waals surface area contributed by atoms with Crippen molar-refractivity contribution in [2.24, 2.45) is 5.92 Å². The Morgan fingerprint density at radius 1 is 0.406 bits per heavy atom. The summed E-state index contributed by atoms with van der Waals surface area (Å²) in [7, 11) is 1.00. The van der Waals surface area contributed by atoms with Crippen molar-refractivity contribution in [1.29, 1.82) is 0 Å². The van der Waals surface area contributed by atoms with Gasteiger partial charge < -0.3 is 5.11 Å². The average molecular weight is 461 g/mol. The number of aliphatic hydroxyl groups excluding tert-OH is 1. The zero-order chi connectivity index (χ0) is 25.7. The third kappa shape index (κ3) is 69.9. The lowest BCUT2D eigenvalue weighted by atomic mass is 10.0. The average Bonchev–Trinajstić information content (AvgIpc) is 2.81. The van der Waals surface area contributed by atoms with Crippen molar-refractivity contribution < 1.29 is 5.11 Å². The van der Waals surface area contributed by atoms with Crippen molar-refractivity contribution in [3.63, 3.8) is 0 Å². The van der Waals surface area contributed by atoms with Crippen LogP contribution >= 0.6 is 0 Å². The van der Waals surface area contributed by atoms with E-state index in [9.17, 15) is 0 Å². The highest BCUT2D eigenvalue weighted by molar-refractivity contribution is 4.48. The largest absolute Gasteiger partial charge is 0.400 e. The Hall–Kier alpha value is -0.0400. The third-order valence-corrected chi connectivity index (χ3v) is 5.39. The molecule has 0 aromatic heterocycles. The minimum absolute atomic E-state index is 0.949. The Morgan fingerprint density at radius 2 is 0.656 bits per heavy atom. The summed E-state index contributed by atoms with van der Waals surface area (Å²) < 4.78 is 0. The van der Waals surface area contributed by atoms with Crippen LogP contribution in [0.25, 0.3) is 0 Å². The van der Waals surface area contributed by atoms with Gasteiger partial charge in [0.15, 0.2) is 0 Å². The molecule has 1 heteroatoms. The maximum atomic E-state index is 7.00. The van der Waals surface area contributed by atoms with Gasteiger partial charge in [0, 0.05) is 7.11 Å². The molecule has 0 aromatic carbocycles. The first kappa shape index (κ1) is 42.1. The molecule has 0 bridgehead atoms. The Labute approximate surface area is 209 Å². The molecule has 1 nitrogen and oxygen atoms in total. The van der Waals surface area contributed by atoms with E-state index in [1.807, 2.05) is 0 Å². The molecular formula is C31H72O. The molecule has 32 heavy (non-hydrogen) atoms. The highest BCUT2D eigenvalue weighted by atomic mass is 16.2. The van der Waals surface area contributed by atoms with Crippen molar-refractivity contribution in [3.05, 3.63) is 0 Å². The lowest BCUT2D eigenvalue weighted by Crippen LogP contribution is -1.88. The van der Waals surface area contributed by atoms with E-state index in [0.29, 0.717) is 0 Å². The predicted octanol–water partition coefficient (Wildman–Crippen LogP) is 12.2. The minimum Gasteiger partial charge on any atom is -0.400 e. The van der Waals surface area contributed by atoms with Crippen LogP contribution in [-0.4, -0.2) is 12.2 Å². The molecule has 0 aliphatic heterocycles. The summed E-state index contributed by atoms with van der Waals surface area (Å²) in [5.41, 5.74) is 0. The molecule has 0 aliphatic rings. The first-order chi connectivity index (χ1) is 15.6. The van der Waals surface area contributed by atoms with Gasteiger partial charge in [-0.15, -0.1) is 0 Å². The van der Waals surface area contributed by atoms with Crippen molar-refractivity contribution >= 4 is 0 Å². The quantitative estimate of drug-likeness (QED) is 0.214. The molecule has 0 aromatic rings. The molecule has 0 unspecified atom stereocenters. The molecule has 0 aliphatic carbocycles. The van der Waals surface area contributed by atoms with E-state index in [1.165, 1.54) is 128 Å². The Balaban J connectivity index is -0.000000118. The Kier molecular flexibility index (Phi) is 69.4. The lowest BCUT2D eigenvalue weighted by Gasteiger charge is -2.02. The van der Waals surface area contributed by atoms with E-state index < -0.39 is 0 Å². The summed E-state index contributed by atoms with van der Waals surface area (Å²) in [5, 5.41) is 7.00. The molecule has 0 fully saturated rings. The van der Waals surface area contributed by atoms with E-state index in [0.717, 1.165) is 13.0 Å². The standard InChI is InChI=1S/C15H32.C7H16.C5H12.C3H8.CH4O/c1-3-5-7-9-11-13-15-14-12-10-8-6-4-2;1-4-6-7(3)5-2;1-3-5-4-2;1-3-2;1-2/h3-15H2,1-2H3;7H,4-6H2,1-3H3;3-5H2,1-2H3;3H2,1-2H3;2H,1H3/t;7-;;;/m.0.../s1. The summed E-state index contributed by atoms with van der Waals surface area (Å²) in [6.07, 6.45) is 28.3. The highest BCUT2D eigenvalue weighted by Gasteiger charge is 1.93. The molecular weight excluding hydrogens is 388 g/mol. The summed E-state index contributed by atoms with van der Waals surface area (Å²) >= 11 is 0. The van der Waals surface area contributed by atoms with Crippen molar-refractivity contribution in [2.45, 2.75) is 191 Å². The van der Waals surface area contributed by atoms with E-state index >= 15 is 0 Å². The molecule has 202 valence electrons. The van der Waals surface area contributed by atoms with Gasteiger partial charge in [0.05, 0.1) is 0 Å². The van der Waals surface area contributed by atoms with Crippen LogP contribution in [0.4, 0.5) is 0 Å². The predicted molar refractivity (Wildman–Crippen MR) is 155 cm³/mol. The Morgan fingerprint density at radius 3 is 0.781 bits per heavy atom. The summed E-state index contributed by atoms with van der Waals surface area (Å²) in [6, 6.07) is 0. The number of hydrogen-bond donors (Lipinski definition) is 1. The summed E-state index contributed by atoms with van der Waals surface area (Å²) in [6.45, 7) is 20.1. The van der Waals surface area contributed by atoms with Crippen LogP contribution in [0.15, 0.2) is 0 Å². The number of aliphatic hydroxyl groups is 1. The monoisotopic (exact) mass is 461 g/mol. The van der Waals surface area contributed by atoms with Crippen LogP contribution < -0.4 is 0 Å². The van der Waals surface area contributed by atoms with Crippen LogP contribution in [0.5, 0.6) is 0 Å². The molecule has 0 heterocycles. The van der Waals surface area contributed by atoms with Crippen molar-refractivity contribution in [3.8, 4) is 0 Å². The maximum Gasteiger partial charge on any atom is 0.0319 e. The van der Waals surface area contributed by atoms with Gasteiger partial charge in [0.1, 0.15) is 0 Å². The molecule has 1 N–H and O–H groups in total. The molecule has 0 spiro atoms. The molecule has 0 rings (SSSR count). The van der Waals surface area contributed by atoms with Gasteiger partial charge >= 0.3 is 0 Å². The second-order valence-corrected chi connectivity index (χ2v) is 9.25. The molecule has 0 amide bonds. The van der Waals surface area contributed by atoms with Crippen LogP contribution in [-0.2, 0) is 0 Å². The first-order valence-corrected chi connectivity index (χ1v) is 15.0. The third-order valence-electron chi connectivity index (χ3n) is 5.39. The number of hydrogen-bond acceptors (Lipinski definition) is 1. The SMILES string of the molecule is CCC.CCCCC.CCCCCCCCCCCCCCC.CCC[C@@H](C)CC.CO. The maximum absolute atomic E-state index is 7.00. The van der Waals surface area contributed by atoms with Crippen molar-refractivity contribution in [1.82, 2.24) is 0 Å². The van der Waals surface area contributed by atoms with Gasteiger partial charge in [0.25, 0.3) is 0 Å². The lowest BCUT2D eigenvalue weighted by molar-refractivity contribution is 0.399. The fraction of sp³-hybridized carbons (Fsp3) is 1.00. The second-order valence-electron chi connectivity index (χ2n) is 9.25. The van der Waals surface area contributed by atoms with Crippen LogP contribution in [0.3, 0.4) is 0 Å². The van der Waals surface area contributed by atoms with Gasteiger partial charge in [-0.2, -0.15) is 0 Å². The van der Waals surface area contributed by atoms with E-state index in [4.69, 9.17) is 5.11 Å². The van der Waals surface area contributed by atoms with Gasteiger partial charge in [-0.3, -0.25) is 0 Å². The van der Waals surface area contributed by atoms with Gasteiger partial charge in [-0.25, -0.2) is 0 Å². The topological polar surface area (TPSA) is 20.2 Å². The van der Waals surface area contributed by atoms with Crippen LogP contribution in [0.2, 0.25) is 0 Å². The molecule has 1 atom stereocenters. The first-order valence-electron chi connectivity index (χ1n) is 15.0. The Bertz CT molecular complexity index is 201. The minimum atomic E-state index is 0.949. The fourth-order valence-corrected chi connectivity index (χ4v) is 3.14. The van der Waals surface area contributed by atoms with Gasteiger partial charge in [0.2, 0.25) is 0 Å². The molecule has 0 radical (unpaired) electrons. The number of rotatable bonds is 17. The van der Waals surface area contributed by atoms with E-state index in [1.54, 1.807) is 0 Å². The second kappa shape index (κ2) is 52.7. The van der Waals surface area contributed by atoms with E-state index in [-0.39, 0.29) is 0 Å². The zero-order valence-electron chi connectivity index (χ0n) is 25.2. The highest BCUT2D eigenvalue weighted by Crippen LogP contribution is 2.12.